The van der Waals surface area contributed by atoms with Gasteiger partial charge in [-0.2, -0.15) is 5.10 Å². The molecule has 1 aliphatic rings. The molecule has 1 fully saturated rings. The number of imidazole rings is 1. The molecule has 0 atom stereocenters. The Hall–Kier alpha value is -3.19. The smallest absolute Gasteiger partial charge is 0.260 e. The number of likely N-dealkylation sites (tertiary alicyclic amines) is 1. The first-order valence-electron chi connectivity index (χ1n) is 10.4. The van der Waals surface area contributed by atoms with Crippen LogP contribution in [0, 0.1) is 6.92 Å². The number of hydrogen-bond donors (Lipinski definition) is 0. The maximum Gasteiger partial charge on any atom is 0.260 e. The van der Waals surface area contributed by atoms with Crippen molar-refractivity contribution in [2.75, 3.05) is 13.1 Å². The summed E-state index contributed by atoms with van der Waals surface area (Å²) < 4.78 is 29.2. The molecule has 7 heteroatoms. The highest BCUT2D eigenvalue weighted by molar-refractivity contribution is 5.66. The third-order valence-electron chi connectivity index (χ3n) is 5.68. The summed E-state index contributed by atoms with van der Waals surface area (Å²) in [6.07, 6.45) is 4.12. The van der Waals surface area contributed by atoms with Crippen LogP contribution in [0.1, 0.15) is 24.1 Å². The van der Waals surface area contributed by atoms with Crippen LogP contribution in [0.25, 0.3) is 28.2 Å². The highest BCUT2D eigenvalue weighted by Gasteiger charge is 2.34. The van der Waals surface area contributed by atoms with E-state index in [1.54, 1.807) is 6.20 Å². The standard InChI is InChI=1S/C24H23F2N5/c1-17-13-20(9-11-27-17)21-7-8-23-28-14-22(31(23)29-21)19-5-3-18(4-6-19)15-30-12-2-10-24(25,26)16-30/h3-9,11,13-14H,2,10,12,15-16H2,1H3. The van der Waals surface area contributed by atoms with Crippen molar-refractivity contribution in [1.82, 2.24) is 24.5 Å². The Morgan fingerprint density at radius 2 is 1.84 bits per heavy atom. The number of pyridine rings is 1. The van der Waals surface area contributed by atoms with E-state index in [4.69, 9.17) is 5.10 Å². The number of benzene rings is 1. The number of piperidine rings is 1. The largest absolute Gasteiger partial charge is 0.293 e. The van der Waals surface area contributed by atoms with Crippen molar-refractivity contribution >= 4 is 5.65 Å². The molecular weight excluding hydrogens is 396 g/mol. The molecule has 31 heavy (non-hydrogen) atoms. The zero-order valence-electron chi connectivity index (χ0n) is 17.3. The van der Waals surface area contributed by atoms with Crippen LogP contribution in [-0.2, 0) is 6.54 Å². The van der Waals surface area contributed by atoms with Crippen molar-refractivity contribution in [3.8, 4) is 22.5 Å². The molecule has 4 aromatic rings. The van der Waals surface area contributed by atoms with Gasteiger partial charge in [-0.1, -0.05) is 24.3 Å². The Morgan fingerprint density at radius 3 is 2.61 bits per heavy atom. The van der Waals surface area contributed by atoms with E-state index in [1.807, 2.05) is 71.1 Å². The number of hydrogen-bond acceptors (Lipinski definition) is 4. The van der Waals surface area contributed by atoms with Gasteiger partial charge >= 0.3 is 0 Å². The molecule has 5 rings (SSSR count). The van der Waals surface area contributed by atoms with Gasteiger partial charge in [-0.25, -0.2) is 18.3 Å². The Kier molecular flexibility index (Phi) is 4.98. The van der Waals surface area contributed by atoms with Crippen molar-refractivity contribution in [2.45, 2.75) is 32.2 Å². The van der Waals surface area contributed by atoms with Crippen molar-refractivity contribution in [1.29, 1.82) is 0 Å². The molecule has 0 N–H and O–H groups in total. The van der Waals surface area contributed by atoms with Gasteiger partial charge in [0.2, 0.25) is 0 Å². The van der Waals surface area contributed by atoms with E-state index in [1.165, 1.54) is 0 Å². The summed E-state index contributed by atoms with van der Waals surface area (Å²) in [5.41, 5.74) is 6.45. The molecule has 158 valence electrons. The first kappa shape index (κ1) is 19.8. The van der Waals surface area contributed by atoms with Gasteiger partial charge in [0.1, 0.15) is 0 Å². The second-order valence-corrected chi connectivity index (χ2v) is 8.18. The molecule has 0 amide bonds. The molecular formula is C24H23F2N5. The maximum absolute atomic E-state index is 13.7. The van der Waals surface area contributed by atoms with Crippen LogP contribution in [-0.4, -0.2) is 43.5 Å². The molecule has 5 nitrogen and oxygen atoms in total. The van der Waals surface area contributed by atoms with E-state index < -0.39 is 5.92 Å². The zero-order valence-corrected chi connectivity index (χ0v) is 17.3. The van der Waals surface area contributed by atoms with Gasteiger partial charge < -0.3 is 0 Å². The third-order valence-corrected chi connectivity index (χ3v) is 5.68. The van der Waals surface area contributed by atoms with Crippen molar-refractivity contribution in [2.24, 2.45) is 0 Å². The average Bonchev–Trinajstić information content (AvgIpc) is 3.17. The van der Waals surface area contributed by atoms with Crippen molar-refractivity contribution < 1.29 is 8.78 Å². The van der Waals surface area contributed by atoms with Gasteiger partial charge in [-0.15, -0.1) is 0 Å². The van der Waals surface area contributed by atoms with Crippen LogP contribution >= 0.6 is 0 Å². The third kappa shape index (κ3) is 4.18. The second kappa shape index (κ2) is 7.81. The minimum atomic E-state index is -2.58. The molecule has 0 radical (unpaired) electrons. The molecule has 0 unspecified atom stereocenters. The fourth-order valence-electron chi connectivity index (χ4n) is 4.15. The summed E-state index contributed by atoms with van der Waals surface area (Å²) in [7, 11) is 0. The Balaban J connectivity index is 1.41. The zero-order chi connectivity index (χ0) is 21.4. The summed E-state index contributed by atoms with van der Waals surface area (Å²) in [6, 6.07) is 15.9. The fourth-order valence-corrected chi connectivity index (χ4v) is 4.15. The van der Waals surface area contributed by atoms with E-state index in [0.717, 1.165) is 39.4 Å². The number of aryl methyl sites for hydroxylation is 1. The molecule has 0 spiro atoms. The number of alkyl halides is 2. The van der Waals surface area contributed by atoms with E-state index in [0.29, 0.717) is 19.5 Å². The summed E-state index contributed by atoms with van der Waals surface area (Å²) in [5.74, 6) is -2.58. The highest BCUT2D eigenvalue weighted by Crippen LogP contribution is 2.28. The minimum absolute atomic E-state index is 0.00915. The van der Waals surface area contributed by atoms with Crippen LogP contribution in [0.3, 0.4) is 0 Å². The SMILES string of the molecule is Cc1cc(-c2ccc3ncc(-c4ccc(CN5CCCC(F)(F)C5)cc4)n3n2)ccn1. The van der Waals surface area contributed by atoms with E-state index in [9.17, 15) is 8.78 Å². The maximum atomic E-state index is 13.7. The molecule has 0 saturated carbocycles. The molecule has 1 saturated heterocycles. The molecule has 0 bridgehead atoms. The van der Waals surface area contributed by atoms with Gasteiger partial charge in [0, 0.05) is 36.0 Å². The Labute approximate surface area is 179 Å². The Bertz CT molecular complexity index is 1220. The predicted molar refractivity (Wildman–Crippen MR) is 116 cm³/mol. The monoisotopic (exact) mass is 419 g/mol. The first-order valence-corrected chi connectivity index (χ1v) is 10.4. The number of halogens is 2. The van der Waals surface area contributed by atoms with Crippen LogP contribution < -0.4 is 0 Å². The summed E-state index contributed by atoms with van der Waals surface area (Å²) >= 11 is 0. The lowest BCUT2D eigenvalue weighted by Crippen LogP contribution is -2.41. The summed E-state index contributed by atoms with van der Waals surface area (Å²) in [6.45, 7) is 3.04. The van der Waals surface area contributed by atoms with Crippen LogP contribution in [0.15, 0.2) is 60.9 Å². The van der Waals surface area contributed by atoms with Crippen molar-refractivity contribution in [3.05, 3.63) is 72.2 Å². The molecule has 0 aliphatic carbocycles. The minimum Gasteiger partial charge on any atom is -0.293 e. The first-order chi connectivity index (χ1) is 15.0. The van der Waals surface area contributed by atoms with Crippen LogP contribution in [0.4, 0.5) is 8.78 Å². The molecule has 1 aliphatic heterocycles. The van der Waals surface area contributed by atoms with Gasteiger partial charge in [0.25, 0.3) is 5.92 Å². The number of aromatic nitrogens is 4. The van der Waals surface area contributed by atoms with Gasteiger partial charge in [-0.3, -0.25) is 9.88 Å². The van der Waals surface area contributed by atoms with Gasteiger partial charge in [0.15, 0.2) is 5.65 Å². The average molecular weight is 419 g/mol. The fraction of sp³-hybridized carbons (Fsp3) is 0.292. The van der Waals surface area contributed by atoms with E-state index in [2.05, 4.69) is 9.97 Å². The normalized spacial score (nSPS) is 16.6. The lowest BCUT2D eigenvalue weighted by Gasteiger charge is -2.32. The highest BCUT2D eigenvalue weighted by atomic mass is 19.3. The van der Waals surface area contributed by atoms with Crippen molar-refractivity contribution in [3.63, 3.8) is 0 Å². The number of rotatable bonds is 4. The summed E-state index contributed by atoms with van der Waals surface area (Å²) in [4.78, 5) is 10.6. The van der Waals surface area contributed by atoms with Crippen LogP contribution in [0.5, 0.6) is 0 Å². The molecule has 1 aromatic carbocycles. The van der Waals surface area contributed by atoms with E-state index >= 15 is 0 Å². The van der Waals surface area contributed by atoms with Crippen LogP contribution in [0.2, 0.25) is 0 Å². The molecule has 3 aromatic heterocycles. The number of nitrogens with zero attached hydrogens (tertiary/aromatic N) is 5. The van der Waals surface area contributed by atoms with Gasteiger partial charge in [0.05, 0.1) is 24.1 Å². The topological polar surface area (TPSA) is 46.3 Å². The summed E-state index contributed by atoms with van der Waals surface area (Å²) in [5, 5.41) is 4.79. The van der Waals surface area contributed by atoms with E-state index in [-0.39, 0.29) is 13.0 Å². The van der Waals surface area contributed by atoms with Gasteiger partial charge in [-0.05, 0) is 49.7 Å². The Morgan fingerprint density at radius 1 is 1.00 bits per heavy atom. The molecule has 4 heterocycles. The predicted octanol–water partition coefficient (Wildman–Crippen LogP) is 5.00. The lowest BCUT2D eigenvalue weighted by atomic mass is 10.1. The second-order valence-electron chi connectivity index (χ2n) is 8.18. The lowest BCUT2D eigenvalue weighted by molar-refractivity contribution is -0.0661. The quantitative estimate of drug-likeness (QED) is 0.467. The number of fused-ring (bicyclic) bond motifs is 1.